The maximum Gasteiger partial charge on any atom is 0.156 e. The number of hydrogen-bond acceptors (Lipinski definition) is 4. The first kappa shape index (κ1) is 12.5. The summed E-state index contributed by atoms with van der Waals surface area (Å²) in [6, 6.07) is 8.64. The largest absolute Gasteiger partial charge is 0.389 e. The lowest BCUT2D eigenvalue weighted by Crippen LogP contribution is -2.10. The third-order valence-electron chi connectivity index (χ3n) is 2.43. The van der Waals surface area contributed by atoms with Gasteiger partial charge >= 0.3 is 0 Å². The van der Waals surface area contributed by atoms with Crippen LogP contribution in [0.2, 0.25) is 0 Å². The standard InChI is InChI=1S/C13H16N2S2/c1-13(2,3)9-4-6-10(7-5-9)16-12-15-8-11(14)17-12/h4-8H,14H2,1-3H3. The number of anilines is 1. The van der Waals surface area contributed by atoms with Crippen LogP contribution < -0.4 is 5.73 Å². The maximum absolute atomic E-state index is 5.66. The summed E-state index contributed by atoms with van der Waals surface area (Å²) in [6.07, 6.45) is 1.70. The van der Waals surface area contributed by atoms with Crippen LogP contribution >= 0.6 is 23.1 Å². The van der Waals surface area contributed by atoms with Gasteiger partial charge in [-0.3, -0.25) is 0 Å². The second-order valence-electron chi connectivity index (χ2n) is 4.90. The van der Waals surface area contributed by atoms with Gasteiger partial charge in [0.05, 0.1) is 6.20 Å². The number of nitrogen functional groups attached to an aromatic ring is 1. The summed E-state index contributed by atoms with van der Waals surface area (Å²) in [5, 5.41) is 0.763. The molecule has 0 aliphatic carbocycles. The monoisotopic (exact) mass is 264 g/mol. The molecule has 1 heterocycles. The molecule has 0 fully saturated rings. The van der Waals surface area contributed by atoms with Crippen LogP contribution in [0.15, 0.2) is 39.7 Å². The molecule has 1 aromatic heterocycles. The summed E-state index contributed by atoms with van der Waals surface area (Å²) in [6.45, 7) is 6.66. The van der Waals surface area contributed by atoms with Crippen molar-refractivity contribution in [2.75, 3.05) is 5.73 Å². The van der Waals surface area contributed by atoms with Crippen LogP contribution in [0, 0.1) is 0 Å². The van der Waals surface area contributed by atoms with Crippen LogP contribution in [0.4, 0.5) is 5.00 Å². The molecule has 0 atom stereocenters. The molecule has 0 saturated heterocycles. The highest BCUT2D eigenvalue weighted by Crippen LogP contribution is 2.33. The number of hydrogen-bond donors (Lipinski definition) is 1. The Labute approximate surface area is 110 Å². The van der Waals surface area contributed by atoms with Crippen molar-refractivity contribution in [2.24, 2.45) is 0 Å². The zero-order chi connectivity index (χ0) is 12.5. The Kier molecular flexibility index (Phi) is 3.45. The lowest BCUT2D eigenvalue weighted by Gasteiger charge is -2.18. The molecule has 1 aromatic carbocycles. The van der Waals surface area contributed by atoms with E-state index in [0.717, 1.165) is 9.34 Å². The summed E-state index contributed by atoms with van der Waals surface area (Å²) < 4.78 is 0.992. The molecule has 0 radical (unpaired) electrons. The number of nitrogens with zero attached hydrogens (tertiary/aromatic N) is 1. The van der Waals surface area contributed by atoms with Crippen LogP contribution in [0.3, 0.4) is 0 Å². The molecule has 0 amide bonds. The lowest BCUT2D eigenvalue weighted by molar-refractivity contribution is 0.590. The zero-order valence-corrected chi connectivity index (χ0v) is 11.9. The number of nitrogens with two attached hydrogens (primary N) is 1. The van der Waals surface area contributed by atoms with Gasteiger partial charge in [-0.25, -0.2) is 4.98 Å². The van der Waals surface area contributed by atoms with Gasteiger partial charge in [0.25, 0.3) is 0 Å². The first-order valence-corrected chi connectivity index (χ1v) is 7.08. The molecule has 4 heteroatoms. The summed E-state index contributed by atoms with van der Waals surface area (Å²) in [7, 11) is 0. The van der Waals surface area contributed by atoms with Crippen molar-refractivity contribution in [1.29, 1.82) is 0 Å². The Morgan fingerprint density at radius 2 is 1.82 bits per heavy atom. The van der Waals surface area contributed by atoms with Gasteiger partial charge in [-0.05, 0) is 23.1 Å². The molecular formula is C13H16N2S2. The van der Waals surface area contributed by atoms with Gasteiger partial charge < -0.3 is 5.73 Å². The predicted molar refractivity (Wildman–Crippen MR) is 75.8 cm³/mol. The van der Waals surface area contributed by atoms with E-state index in [2.05, 4.69) is 50.0 Å². The average molecular weight is 264 g/mol. The highest BCUT2D eigenvalue weighted by molar-refractivity contribution is 8.01. The molecule has 0 saturated carbocycles. The van der Waals surface area contributed by atoms with Crippen LogP contribution in [-0.4, -0.2) is 4.98 Å². The smallest absolute Gasteiger partial charge is 0.156 e. The van der Waals surface area contributed by atoms with Crippen LogP contribution in [0.25, 0.3) is 0 Å². The van der Waals surface area contributed by atoms with Crippen molar-refractivity contribution in [1.82, 2.24) is 4.98 Å². The Hall–Kier alpha value is -1.00. The number of benzene rings is 1. The van der Waals surface area contributed by atoms with E-state index in [1.165, 1.54) is 21.8 Å². The first-order valence-electron chi connectivity index (χ1n) is 5.45. The Morgan fingerprint density at radius 3 is 2.29 bits per heavy atom. The highest BCUT2D eigenvalue weighted by atomic mass is 32.2. The van der Waals surface area contributed by atoms with E-state index in [4.69, 9.17) is 5.73 Å². The third-order valence-corrected chi connectivity index (χ3v) is 4.34. The first-order chi connectivity index (χ1) is 7.95. The molecule has 0 aliphatic rings. The van der Waals surface area contributed by atoms with Crippen molar-refractivity contribution in [3.05, 3.63) is 36.0 Å². The molecule has 2 rings (SSSR count). The van der Waals surface area contributed by atoms with Gasteiger partial charge in [-0.2, -0.15) is 0 Å². The van der Waals surface area contributed by atoms with Gasteiger partial charge in [0.2, 0.25) is 0 Å². The van der Waals surface area contributed by atoms with Crippen LogP contribution in [-0.2, 0) is 5.41 Å². The average Bonchev–Trinajstić information content (AvgIpc) is 2.63. The van der Waals surface area contributed by atoms with Gasteiger partial charge in [-0.15, -0.1) is 0 Å². The van der Waals surface area contributed by atoms with Gasteiger partial charge in [0, 0.05) is 4.90 Å². The number of aromatic nitrogens is 1. The fourth-order valence-corrected chi connectivity index (χ4v) is 3.18. The van der Waals surface area contributed by atoms with Gasteiger partial charge in [0.1, 0.15) is 5.00 Å². The van der Waals surface area contributed by atoms with E-state index >= 15 is 0 Å². The molecule has 2 nitrogen and oxygen atoms in total. The molecular weight excluding hydrogens is 248 g/mol. The fraction of sp³-hybridized carbons (Fsp3) is 0.308. The van der Waals surface area contributed by atoms with Crippen molar-refractivity contribution < 1.29 is 0 Å². The molecule has 0 aliphatic heterocycles. The minimum absolute atomic E-state index is 0.203. The summed E-state index contributed by atoms with van der Waals surface area (Å²) in [5.74, 6) is 0. The molecule has 0 spiro atoms. The second-order valence-corrected chi connectivity index (χ2v) is 7.29. The minimum Gasteiger partial charge on any atom is -0.389 e. The van der Waals surface area contributed by atoms with E-state index in [1.807, 2.05) is 0 Å². The topological polar surface area (TPSA) is 38.9 Å². The lowest BCUT2D eigenvalue weighted by atomic mass is 9.87. The van der Waals surface area contributed by atoms with E-state index in [0.29, 0.717) is 0 Å². The fourth-order valence-electron chi connectivity index (χ4n) is 1.44. The van der Waals surface area contributed by atoms with Crippen LogP contribution in [0.5, 0.6) is 0 Å². The third kappa shape index (κ3) is 3.23. The summed E-state index contributed by atoms with van der Waals surface area (Å²) in [5.41, 5.74) is 7.21. The molecule has 2 N–H and O–H groups in total. The van der Waals surface area contributed by atoms with Crippen molar-refractivity contribution in [3.8, 4) is 0 Å². The summed E-state index contributed by atoms with van der Waals surface area (Å²) in [4.78, 5) is 5.44. The Morgan fingerprint density at radius 1 is 1.18 bits per heavy atom. The van der Waals surface area contributed by atoms with Crippen molar-refractivity contribution in [2.45, 2.75) is 35.4 Å². The molecule has 90 valence electrons. The van der Waals surface area contributed by atoms with E-state index in [9.17, 15) is 0 Å². The van der Waals surface area contributed by atoms with Gasteiger partial charge in [-0.1, -0.05) is 56.0 Å². The second kappa shape index (κ2) is 4.70. The normalized spacial score (nSPS) is 11.7. The highest BCUT2D eigenvalue weighted by Gasteiger charge is 2.13. The van der Waals surface area contributed by atoms with E-state index in [1.54, 1.807) is 18.0 Å². The maximum atomic E-state index is 5.66. The molecule has 17 heavy (non-hydrogen) atoms. The molecule has 0 bridgehead atoms. The van der Waals surface area contributed by atoms with E-state index in [-0.39, 0.29) is 5.41 Å². The number of rotatable bonds is 2. The molecule has 2 aromatic rings. The van der Waals surface area contributed by atoms with Crippen molar-refractivity contribution >= 4 is 28.1 Å². The Balaban J connectivity index is 2.13. The van der Waals surface area contributed by atoms with E-state index < -0.39 is 0 Å². The van der Waals surface area contributed by atoms with Crippen molar-refractivity contribution in [3.63, 3.8) is 0 Å². The minimum atomic E-state index is 0.203. The number of thiazole rings is 1. The SMILES string of the molecule is CC(C)(C)c1ccc(Sc2ncc(N)s2)cc1. The molecule has 0 unspecified atom stereocenters. The Bertz CT molecular complexity index is 495. The van der Waals surface area contributed by atoms with Gasteiger partial charge in [0.15, 0.2) is 4.34 Å². The zero-order valence-electron chi connectivity index (χ0n) is 10.2. The quantitative estimate of drug-likeness (QED) is 0.884. The summed E-state index contributed by atoms with van der Waals surface area (Å²) >= 11 is 3.18. The van der Waals surface area contributed by atoms with Crippen LogP contribution in [0.1, 0.15) is 26.3 Å². The predicted octanol–water partition coefficient (Wildman–Crippen LogP) is 4.17.